The maximum atomic E-state index is 6.26. The highest BCUT2D eigenvalue weighted by atomic mass is 35.5. The molecule has 2 aromatic carbocycles. The molecule has 3 rings (SSSR count). The van der Waals surface area contributed by atoms with Crippen LogP contribution in [0.2, 0.25) is 10.0 Å². The van der Waals surface area contributed by atoms with Gasteiger partial charge in [-0.2, -0.15) is 0 Å². The van der Waals surface area contributed by atoms with Crippen molar-refractivity contribution >= 4 is 40.7 Å². The van der Waals surface area contributed by atoms with Gasteiger partial charge in [-0.25, -0.2) is 0 Å². The molecule has 0 radical (unpaired) electrons. The summed E-state index contributed by atoms with van der Waals surface area (Å²) in [5.41, 5.74) is 3.18. The average Bonchev–Trinajstić information content (AvgIpc) is 3.03. The van der Waals surface area contributed by atoms with Gasteiger partial charge < -0.3 is 9.47 Å². The first-order valence-corrected chi connectivity index (χ1v) is 10.6. The molecule has 0 aliphatic carbocycles. The van der Waals surface area contributed by atoms with Gasteiger partial charge in [0.05, 0.1) is 0 Å². The van der Waals surface area contributed by atoms with Crippen molar-refractivity contribution < 1.29 is 0 Å². The lowest BCUT2D eigenvalue weighted by molar-refractivity contribution is 0.793. The number of thioether (sulfide) groups is 1. The highest BCUT2D eigenvalue weighted by Gasteiger charge is 2.14. The minimum atomic E-state index is 0.644. The van der Waals surface area contributed by atoms with Crippen molar-refractivity contribution in [2.24, 2.45) is 7.05 Å². The van der Waals surface area contributed by atoms with Gasteiger partial charge in [0.2, 0.25) is 0 Å². The predicted molar refractivity (Wildman–Crippen MR) is 116 cm³/mol. The average molecular weight is 421 g/mol. The summed E-state index contributed by atoms with van der Waals surface area (Å²) in [5.74, 6) is 1.49. The predicted octanol–water partition coefficient (Wildman–Crippen LogP) is 5.93. The van der Waals surface area contributed by atoms with Gasteiger partial charge in [0.15, 0.2) is 11.0 Å². The normalized spacial score (nSPS) is 11.0. The second kappa shape index (κ2) is 9.00. The fraction of sp³-hybridized carbons (Fsp3) is 0.300. The van der Waals surface area contributed by atoms with Crippen molar-refractivity contribution in [2.75, 3.05) is 18.0 Å². The SMILES string of the molecule is CCN(CC)c1ccc(-c2nnc(SCc3c(Cl)cccc3Cl)n2C)cc1. The molecular weight excluding hydrogens is 399 g/mol. The molecule has 1 heterocycles. The van der Waals surface area contributed by atoms with Crippen molar-refractivity contribution in [3.8, 4) is 11.4 Å². The number of hydrogen-bond acceptors (Lipinski definition) is 4. The fourth-order valence-corrected chi connectivity index (χ4v) is 4.56. The van der Waals surface area contributed by atoms with Crippen LogP contribution >= 0.6 is 35.0 Å². The lowest BCUT2D eigenvalue weighted by Gasteiger charge is -2.21. The quantitative estimate of drug-likeness (QED) is 0.443. The van der Waals surface area contributed by atoms with Crippen LogP contribution in [0.15, 0.2) is 47.6 Å². The molecule has 4 nitrogen and oxygen atoms in total. The third-order valence-electron chi connectivity index (χ3n) is 4.50. The molecule has 1 aromatic heterocycles. The van der Waals surface area contributed by atoms with Gasteiger partial charge >= 0.3 is 0 Å². The van der Waals surface area contributed by atoms with E-state index < -0.39 is 0 Å². The molecule has 0 atom stereocenters. The van der Waals surface area contributed by atoms with Gasteiger partial charge in [0.25, 0.3) is 0 Å². The van der Waals surface area contributed by atoms with Crippen molar-refractivity contribution in [1.29, 1.82) is 0 Å². The Balaban J connectivity index is 1.77. The molecule has 0 bridgehead atoms. The molecule has 0 saturated heterocycles. The molecule has 0 unspecified atom stereocenters. The molecule has 0 saturated carbocycles. The van der Waals surface area contributed by atoms with Gasteiger partial charge in [-0.15, -0.1) is 10.2 Å². The number of benzene rings is 2. The monoisotopic (exact) mass is 420 g/mol. The third kappa shape index (κ3) is 4.42. The molecule has 0 fully saturated rings. The summed E-state index contributed by atoms with van der Waals surface area (Å²) in [6, 6.07) is 14.0. The summed E-state index contributed by atoms with van der Waals surface area (Å²) in [6.45, 7) is 6.31. The Kier molecular flexibility index (Phi) is 6.68. The van der Waals surface area contributed by atoms with E-state index in [2.05, 4.69) is 53.2 Å². The summed E-state index contributed by atoms with van der Waals surface area (Å²) in [7, 11) is 1.98. The standard InChI is InChI=1S/C20H22Cl2N4S/c1-4-26(5-2)15-11-9-14(10-12-15)19-23-24-20(25(19)3)27-13-16-17(21)7-6-8-18(16)22/h6-12H,4-5,13H2,1-3H3. The largest absolute Gasteiger partial charge is 0.372 e. The van der Waals surface area contributed by atoms with E-state index in [1.54, 1.807) is 11.8 Å². The van der Waals surface area contributed by atoms with E-state index in [9.17, 15) is 0 Å². The maximum absolute atomic E-state index is 6.26. The Bertz CT molecular complexity index is 885. The first-order chi connectivity index (χ1) is 13.0. The third-order valence-corrected chi connectivity index (χ3v) is 6.25. The van der Waals surface area contributed by atoms with E-state index in [4.69, 9.17) is 23.2 Å². The molecule has 0 aliphatic rings. The molecule has 3 aromatic rings. The van der Waals surface area contributed by atoms with Gasteiger partial charge in [-0.3, -0.25) is 0 Å². The first-order valence-electron chi connectivity index (χ1n) is 8.85. The van der Waals surface area contributed by atoms with Crippen LogP contribution in [0.5, 0.6) is 0 Å². The molecule has 0 spiro atoms. The summed E-state index contributed by atoms with van der Waals surface area (Å²) in [6.07, 6.45) is 0. The van der Waals surface area contributed by atoms with Crippen LogP contribution in [-0.2, 0) is 12.8 Å². The van der Waals surface area contributed by atoms with Gasteiger partial charge in [0, 0.05) is 47.2 Å². The van der Waals surface area contributed by atoms with E-state index in [-0.39, 0.29) is 0 Å². The van der Waals surface area contributed by atoms with E-state index in [0.717, 1.165) is 35.2 Å². The topological polar surface area (TPSA) is 34.0 Å². The van der Waals surface area contributed by atoms with Crippen LogP contribution in [-0.4, -0.2) is 27.9 Å². The summed E-state index contributed by atoms with van der Waals surface area (Å²) >= 11 is 14.1. The van der Waals surface area contributed by atoms with Crippen LogP contribution in [0.4, 0.5) is 5.69 Å². The zero-order valence-electron chi connectivity index (χ0n) is 15.6. The van der Waals surface area contributed by atoms with Crippen LogP contribution < -0.4 is 4.90 Å². The van der Waals surface area contributed by atoms with Crippen molar-refractivity contribution in [2.45, 2.75) is 24.8 Å². The molecule has 0 N–H and O–H groups in total. The number of rotatable bonds is 7. The van der Waals surface area contributed by atoms with Crippen LogP contribution in [0, 0.1) is 0 Å². The Morgan fingerprint density at radius 1 is 0.963 bits per heavy atom. The summed E-state index contributed by atoms with van der Waals surface area (Å²) in [4.78, 5) is 2.31. The maximum Gasteiger partial charge on any atom is 0.191 e. The van der Waals surface area contributed by atoms with E-state index in [1.807, 2.05) is 29.8 Å². The summed E-state index contributed by atoms with van der Waals surface area (Å²) in [5, 5.41) is 10.9. The second-order valence-corrected chi connectivity index (χ2v) is 7.83. The van der Waals surface area contributed by atoms with Crippen LogP contribution in [0.25, 0.3) is 11.4 Å². The first kappa shape index (κ1) is 20.1. The van der Waals surface area contributed by atoms with E-state index in [0.29, 0.717) is 15.8 Å². The summed E-state index contributed by atoms with van der Waals surface area (Å²) < 4.78 is 2.00. The van der Waals surface area contributed by atoms with Crippen molar-refractivity contribution in [1.82, 2.24) is 14.8 Å². The van der Waals surface area contributed by atoms with Gasteiger partial charge in [0.1, 0.15) is 0 Å². The highest BCUT2D eigenvalue weighted by Crippen LogP contribution is 2.32. The zero-order chi connectivity index (χ0) is 19.4. The number of nitrogens with zero attached hydrogens (tertiary/aromatic N) is 4. The Morgan fingerprint density at radius 3 is 2.19 bits per heavy atom. The fourth-order valence-electron chi connectivity index (χ4n) is 2.91. The molecule has 0 aliphatic heterocycles. The lowest BCUT2D eigenvalue weighted by atomic mass is 10.2. The lowest BCUT2D eigenvalue weighted by Crippen LogP contribution is -2.21. The molecular formula is C20H22Cl2N4S. The zero-order valence-corrected chi connectivity index (χ0v) is 17.9. The van der Waals surface area contributed by atoms with Crippen LogP contribution in [0.3, 0.4) is 0 Å². The molecule has 27 heavy (non-hydrogen) atoms. The van der Waals surface area contributed by atoms with Gasteiger partial charge in [-0.1, -0.05) is 41.0 Å². The van der Waals surface area contributed by atoms with Crippen molar-refractivity contribution in [3.05, 3.63) is 58.1 Å². The number of anilines is 1. The number of aromatic nitrogens is 3. The van der Waals surface area contributed by atoms with Gasteiger partial charge in [-0.05, 0) is 55.8 Å². The minimum Gasteiger partial charge on any atom is -0.372 e. The highest BCUT2D eigenvalue weighted by molar-refractivity contribution is 7.98. The Labute approximate surface area is 174 Å². The van der Waals surface area contributed by atoms with E-state index >= 15 is 0 Å². The molecule has 0 amide bonds. The molecule has 142 valence electrons. The smallest absolute Gasteiger partial charge is 0.191 e. The number of halogens is 2. The van der Waals surface area contributed by atoms with E-state index in [1.165, 1.54) is 5.69 Å². The second-order valence-electron chi connectivity index (χ2n) is 6.07. The number of hydrogen-bond donors (Lipinski definition) is 0. The Morgan fingerprint density at radius 2 is 1.59 bits per heavy atom. The Hall–Kier alpha value is -1.69. The van der Waals surface area contributed by atoms with Crippen molar-refractivity contribution in [3.63, 3.8) is 0 Å². The minimum absolute atomic E-state index is 0.644. The van der Waals surface area contributed by atoms with Crippen LogP contribution in [0.1, 0.15) is 19.4 Å². The molecule has 7 heteroatoms.